The van der Waals surface area contributed by atoms with E-state index in [2.05, 4.69) is 19.9 Å². The third-order valence-electron chi connectivity index (χ3n) is 3.15. The number of hydrogen-bond acceptors (Lipinski definition) is 5. The highest BCUT2D eigenvalue weighted by atomic mass is 16.5. The van der Waals surface area contributed by atoms with Crippen LogP contribution in [0, 0.1) is 6.92 Å². The van der Waals surface area contributed by atoms with Crippen LogP contribution in [0.25, 0.3) is 0 Å². The van der Waals surface area contributed by atoms with Crippen LogP contribution < -0.4 is 9.64 Å². The van der Waals surface area contributed by atoms with Crippen molar-refractivity contribution in [2.45, 2.75) is 19.4 Å². The molecule has 1 atom stereocenters. The Bertz CT molecular complexity index is 546. The van der Waals surface area contributed by atoms with Gasteiger partial charge in [0.15, 0.2) is 0 Å². The maximum atomic E-state index is 5.90. The third-order valence-corrected chi connectivity index (χ3v) is 3.15. The van der Waals surface area contributed by atoms with Crippen LogP contribution in [0.15, 0.2) is 36.8 Å². The number of nitrogens with zero attached hydrogens (tertiary/aromatic N) is 4. The molecule has 0 aromatic carbocycles. The summed E-state index contributed by atoms with van der Waals surface area (Å²) < 4.78 is 5.90. The summed E-state index contributed by atoms with van der Waals surface area (Å²) in [7, 11) is 0. The molecule has 0 saturated carbocycles. The van der Waals surface area contributed by atoms with Crippen molar-refractivity contribution in [3.63, 3.8) is 0 Å². The van der Waals surface area contributed by atoms with Crippen LogP contribution in [0.4, 0.5) is 5.95 Å². The van der Waals surface area contributed by atoms with E-state index in [4.69, 9.17) is 4.74 Å². The van der Waals surface area contributed by atoms with Gasteiger partial charge >= 0.3 is 0 Å². The van der Waals surface area contributed by atoms with Gasteiger partial charge in [0.1, 0.15) is 11.9 Å². The fourth-order valence-electron chi connectivity index (χ4n) is 2.20. The van der Waals surface area contributed by atoms with Crippen molar-refractivity contribution in [3.05, 3.63) is 42.5 Å². The zero-order valence-electron chi connectivity index (χ0n) is 10.9. The van der Waals surface area contributed by atoms with Crippen LogP contribution in [0.5, 0.6) is 5.75 Å². The van der Waals surface area contributed by atoms with Crippen molar-refractivity contribution in [2.75, 3.05) is 18.0 Å². The summed E-state index contributed by atoms with van der Waals surface area (Å²) in [6.45, 7) is 3.72. The minimum atomic E-state index is 0.174. The number of aryl methyl sites for hydroxylation is 1. The average molecular weight is 256 g/mol. The van der Waals surface area contributed by atoms with Gasteiger partial charge in [0.05, 0.1) is 12.7 Å². The maximum Gasteiger partial charge on any atom is 0.225 e. The van der Waals surface area contributed by atoms with Crippen LogP contribution in [0.3, 0.4) is 0 Å². The summed E-state index contributed by atoms with van der Waals surface area (Å²) in [4.78, 5) is 15.0. The molecule has 2 aromatic heterocycles. The molecule has 0 amide bonds. The summed E-state index contributed by atoms with van der Waals surface area (Å²) in [6, 6.07) is 5.72. The minimum Gasteiger partial charge on any atom is -0.487 e. The van der Waals surface area contributed by atoms with E-state index in [9.17, 15) is 0 Å². The first-order chi connectivity index (χ1) is 9.31. The van der Waals surface area contributed by atoms with Crippen LogP contribution in [-0.2, 0) is 0 Å². The van der Waals surface area contributed by atoms with Crippen LogP contribution in [0.1, 0.15) is 12.1 Å². The lowest BCUT2D eigenvalue weighted by Crippen LogP contribution is -2.26. The fraction of sp³-hybridized carbons (Fsp3) is 0.357. The van der Waals surface area contributed by atoms with Crippen molar-refractivity contribution < 1.29 is 4.74 Å². The standard InChI is InChI=1S/C14H16N4O/c1-11-4-7-16-14(17-11)18-8-5-13(10-18)19-12-3-2-6-15-9-12/h2-4,6-7,9,13H,5,8,10H2,1H3/t13-/m0/s1. The van der Waals surface area contributed by atoms with Gasteiger partial charge in [-0.05, 0) is 25.1 Å². The molecule has 0 radical (unpaired) electrons. The van der Waals surface area contributed by atoms with Crippen molar-refractivity contribution >= 4 is 5.95 Å². The largest absolute Gasteiger partial charge is 0.487 e. The lowest BCUT2D eigenvalue weighted by atomic mass is 10.3. The third kappa shape index (κ3) is 2.81. The number of hydrogen-bond donors (Lipinski definition) is 0. The van der Waals surface area contributed by atoms with Gasteiger partial charge in [0.25, 0.3) is 0 Å². The highest BCUT2D eigenvalue weighted by Gasteiger charge is 2.25. The summed E-state index contributed by atoms with van der Waals surface area (Å²) in [6.07, 6.45) is 6.44. The molecule has 0 N–H and O–H groups in total. The molecule has 5 heteroatoms. The summed E-state index contributed by atoms with van der Waals surface area (Å²) in [5.74, 6) is 1.61. The van der Waals surface area contributed by atoms with Gasteiger partial charge < -0.3 is 9.64 Å². The van der Waals surface area contributed by atoms with Gasteiger partial charge in [-0.2, -0.15) is 0 Å². The van der Waals surface area contributed by atoms with E-state index in [1.807, 2.05) is 25.1 Å². The molecule has 1 saturated heterocycles. The molecule has 0 bridgehead atoms. The van der Waals surface area contributed by atoms with Gasteiger partial charge in [-0.25, -0.2) is 9.97 Å². The summed E-state index contributed by atoms with van der Waals surface area (Å²) in [5, 5.41) is 0. The second kappa shape index (κ2) is 5.22. The topological polar surface area (TPSA) is 51.1 Å². The van der Waals surface area contributed by atoms with Gasteiger partial charge in [-0.15, -0.1) is 0 Å². The Kier molecular flexibility index (Phi) is 3.27. The smallest absolute Gasteiger partial charge is 0.225 e. The normalized spacial score (nSPS) is 18.6. The van der Waals surface area contributed by atoms with Gasteiger partial charge in [-0.1, -0.05) is 0 Å². The summed E-state index contributed by atoms with van der Waals surface area (Å²) in [5.41, 5.74) is 0.988. The first kappa shape index (κ1) is 11.9. The van der Waals surface area contributed by atoms with Crippen molar-refractivity contribution in [3.8, 4) is 5.75 Å². The predicted molar refractivity (Wildman–Crippen MR) is 72.3 cm³/mol. The zero-order chi connectivity index (χ0) is 13.1. The lowest BCUT2D eigenvalue weighted by Gasteiger charge is -2.17. The molecular formula is C14H16N4O. The molecule has 1 aliphatic rings. The molecule has 1 fully saturated rings. The molecule has 5 nitrogen and oxygen atoms in total. The second-order valence-electron chi connectivity index (χ2n) is 4.66. The first-order valence-corrected chi connectivity index (χ1v) is 6.42. The van der Waals surface area contributed by atoms with Crippen molar-refractivity contribution in [2.24, 2.45) is 0 Å². The Morgan fingerprint density at radius 3 is 3.05 bits per heavy atom. The molecule has 0 unspecified atom stereocenters. The Labute approximate surface area is 112 Å². The van der Waals surface area contributed by atoms with E-state index < -0.39 is 0 Å². The van der Waals surface area contributed by atoms with E-state index in [1.54, 1.807) is 18.6 Å². The quantitative estimate of drug-likeness (QED) is 0.838. The van der Waals surface area contributed by atoms with E-state index in [0.717, 1.165) is 36.9 Å². The van der Waals surface area contributed by atoms with Crippen LogP contribution >= 0.6 is 0 Å². The monoisotopic (exact) mass is 256 g/mol. The molecule has 3 heterocycles. The van der Waals surface area contributed by atoms with Gasteiger partial charge in [-0.3, -0.25) is 4.98 Å². The first-order valence-electron chi connectivity index (χ1n) is 6.42. The molecule has 0 spiro atoms. The Balaban J connectivity index is 1.64. The van der Waals surface area contributed by atoms with E-state index in [-0.39, 0.29) is 6.10 Å². The highest BCUT2D eigenvalue weighted by Crippen LogP contribution is 2.20. The highest BCUT2D eigenvalue weighted by molar-refractivity contribution is 5.32. The lowest BCUT2D eigenvalue weighted by molar-refractivity contribution is 0.224. The molecular weight excluding hydrogens is 240 g/mol. The van der Waals surface area contributed by atoms with Crippen molar-refractivity contribution in [1.82, 2.24) is 15.0 Å². The molecule has 19 heavy (non-hydrogen) atoms. The van der Waals surface area contributed by atoms with E-state index in [0.29, 0.717) is 0 Å². The number of anilines is 1. The Morgan fingerprint density at radius 2 is 2.26 bits per heavy atom. The van der Waals surface area contributed by atoms with Crippen molar-refractivity contribution in [1.29, 1.82) is 0 Å². The molecule has 3 rings (SSSR count). The van der Waals surface area contributed by atoms with E-state index >= 15 is 0 Å². The zero-order valence-corrected chi connectivity index (χ0v) is 10.9. The predicted octanol–water partition coefficient (Wildman–Crippen LogP) is 1.84. The average Bonchev–Trinajstić information content (AvgIpc) is 2.88. The minimum absolute atomic E-state index is 0.174. The van der Waals surface area contributed by atoms with Crippen LogP contribution in [0.2, 0.25) is 0 Å². The number of aromatic nitrogens is 3. The summed E-state index contributed by atoms with van der Waals surface area (Å²) >= 11 is 0. The SMILES string of the molecule is Cc1ccnc(N2CC[C@H](Oc3cccnc3)C2)n1. The second-order valence-corrected chi connectivity index (χ2v) is 4.66. The molecule has 0 aliphatic carbocycles. The number of rotatable bonds is 3. The fourth-order valence-corrected chi connectivity index (χ4v) is 2.20. The Morgan fingerprint density at radius 1 is 1.32 bits per heavy atom. The molecule has 98 valence electrons. The molecule has 1 aliphatic heterocycles. The van der Waals surface area contributed by atoms with Gasteiger partial charge in [0.2, 0.25) is 5.95 Å². The molecule has 2 aromatic rings. The van der Waals surface area contributed by atoms with E-state index in [1.165, 1.54) is 0 Å². The number of pyridine rings is 1. The van der Waals surface area contributed by atoms with Crippen LogP contribution in [-0.4, -0.2) is 34.1 Å². The number of ether oxygens (including phenoxy) is 1. The Hall–Kier alpha value is -2.17. The maximum absolute atomic E-state index is 5.90. The van der Waals surface area contributed by atoms with Gasteiger partial charge in [0, 0.05) is 31.1 Å².